The second kappa shape index (κ2) is 9.07. The molecule has 0 fully saturated rings. The van der Waals surface area contributed by atoms with Crippen molar-refractivity contribution < 1.29 is 9.59 Å². The maximum absolute atomic E-state index is 11.9. The number of carbonyl (C=O) groups is 2. The van der Waals surface area contributed by atoms with Crippen LogP contribution >= 0.6 is 27.5 Å². The van der Waals surface area contributed by atoms with Crippen molar-refractivity contribution in [1.29, 1.82) is 0 Å². The van der Waals surface area contributed by atoms with Crippen LogP contribution in [0.4, 0.5) is 5.69 Å². The zero-order chi connectivity index (χ0) is 21.0. The summed E-state index contributed by atoms with van der Waals surface area (Å²) in [6, 6.07) is 16.4. The van der Waals surface area contributed by atoms with E-state index in [0.717, 1.165) is 27.1 Å². The van der Waals surface area contributed by atoms with E-state index in [1.54, 1.807) is 24.3 Å². The van der Waals surface area contributed by atoms with Crippen molar-refractivity contribution >= 4 is 51.2 Å². The molecule has 0 radical (unpaired) electrons. The molecule has 1 aromatic heterocycles. The van der Waals surface area contributed by atoms with Crippen LogP contribution in [0.25, 0.3) is 5.69 Å². The van der Waals surface area contributed by atoms with Gasteiger partial charge >= 0.3 is 11.8 Å². The van der Waals surface area contributed by atoms with E-state index in [4.69, 9.17) is 11.6 Å². The summed E-state index contributed by atoms with van der Waals surface area (Å²) in [5.41, 5.74) is 6.54. The van der Waals surface area contributed by atoms with Crippen LogP contribution in [0.2, 0.25) is 5.02 Å². The number of nitrogens with one attached hydrogen (secondary N) is 2. The fourth-order valence-electron chi connectivity index (χ4n) is 2.86. The minimum absolute atomic E-state index is 0.469. The van der Waals surface area contributed by atoms with Crippen LogP contribution in [-0.4, -0.2) is 22.6 Å². The van der Waals surface area contributed by atoms with E-state index in [1.165, 1.54) is 6.21 Å². The third-order valence-electron chi connectivity index (χ3n) is 4.21. The zero-order valence-corrected chi connectivity index (χ0v) is 18.1. The summed E-state index contributed by atoms with van der Waals surface area (Å²) in [6.45, 7) is 3.95. The Hall–Kier alpha value is -2.90. The van der Waals surface area contributed by atoms with Gasteiger partial charge in [-0.15, -0.1) is 0 Å². The van der Waals surface area contributed by atoms with Crippen molar-refractivity contribution in [3.63, 3.8) is 0 Å². The first-order chi connectivity index (χ1) is 13.8. The first-order valence-electron chi connectivity index (χ1n) is 8.70. The lowest BCUT2D eigenvalue weighted by molar-refractivity contribution is -0.136. The molecule has 1 heterocycles. The summed E-state index contributed by atoms with van der Waals surface area (Å²) in [5, 5.41) is 6.93. The van der Waals surface area contributed by atoms with Crippen LogP contribution in [0.1, 0.15) is 17.0 Å². The standard InChI is InChI=1S/C21H18BrClN4O2/c1-13-10-15(14(2)27(13)19-5-3-4-16(22)11-19)12-24-26-21(29)20(28)25-18-8-6-17(23)7-9-18/h3-12H,1-2H3,(H,25,28)(H,26,29). The van der Waals surface area contributed by atoms with Gasteiger partial charge in [0, 0.05) is 37.8 Å². The van der Waals surface area contributed by atoms with Gasteiger partial charge in [0.25, 0.3) is 0 Å². The summed E-state index contributed by atoms with van der Waals surface area (Å²) in [7, 11) is 0. The molecule has 8 heteroatoms. The summed E-state index contributed by atoms with van der Waals surface area (Å²) in [6.07, 6.45) is 1.52. The molecular weight excluding hydrogens is 456 g/mol. The van der Waals surface area contributed by atoms with Gasteiger partial charge in [-0.25, -0.2) is 5.43 Å². The molecular formula is C21H18BrClN4O2. The minimum Gasteiger partial charge on any atom is -0.318 e. The summed E-state index contributed by atoms with van der Waals surface area (Å²) < 4.78 is 3.07. The topological polar surface area (TPSA) is 75.5 Å². The highest BCUT2D eigenvalue weighted by molar-refractivity contribution is 9.10. The number of anilines is 1. The Morgan fingerprint density at radius 2 is 1.79 bits per heavy atom. The van der Waals surface area contributed by atoms with Gasteiger partial charge in [0.2, 0.25) is 0 Å². The van der Waals surface area contributed by atoms with Gasteiger partial charge in [0.1, 0.15) is 0 Å². The van der Waals surface area contributed by atoms with Crippen LogP contribution in [0.3, 0.4) is 0 Å². The first kappa shape index (κ1) is 20.8. The smallest absolute Gasteiger partial charge is 0.318 e. The highest BCUT2D eigenvalue weighted by Crippen LogP contribution is 2.22. The minimum atomic E-state index is -0.864. The van der Waals surface area contributed by atoms with E-state index in [0.29, 0.717) is 10.7 Å². The van der Waals surface area contributed by atoms with E-state index in [-0.39, 0.29) is 0 Å². The summed E-state index contributed by atoms with van der Waals surface area (Å²) in [4.78, 5) is 23.9. The highest BCUT2D eigenvalue weighted by atomic mass is 79.9. The Labute approximate surface area is 181 Å². The molecule has 2 amide bonds. The Kier molecular flexibility index (Phi) is 6.51. The van der Waals surface area contributed by atoms with Gasteiger partial charge in [-0.2, -0.15) is 5.10 Å². The Bertz CT molecular complexity index is 1090. The number of hydrazone groups is 1. The van der Waals surface area contributed by atoms with Crippen LogP contribution < -0.4 is 10.7 Å². The van der Waals surface area contributed by atoms with Crippen LogP contribution in [0.5, 0.6) is 0 Å². The maximum Gasteiger partial charge on any atom is 0.329 e. The van der Waals surface area contributed by atoms with Crippen molar-refractivity contribution in [2.45, 2.75) is 13.8 Å². The molecule has 0 aliphatic carbocycles. The molecule has 0 saturated carbocycles. The average Bonchev–Trinajstić information content (AvgIpc) is 2.97. The third-order valence-corrected chi connectivity index (χ3v) is 4.96. The summed E-state index contributed by atoms with van der Waals surface area (Å²) in [5.74, 6) is -1.68. The predicted octanol–water partition coefficient (Wildman–Crippen LogP) is 4.60. The molecule has 0 saturated heterocycles. The lowest BCUT2D eigenvalue weighted by Crippen LogP contribution is -2.32. The third kappa shape index (κ3) is 5.13. The Morgan fingerprint density at radius 3 is 2.48 bits per heavy atom. The normalized spacial score (nSPS) is 10.9. The monoisotopic (exact) mass is 472 g/mol. The first-order valence-corrected chi connectivity index (χ1v) is 9.87. The Balaban J connectivity index is 1.67. The Morgan fingerprint density at radius 1 is 1.07 bits per heavy atom. The zero-order valence-electron chi connectivity index (χ0n) is 15.7. The molecule has 2 N–H and O–H groups in total. The molecule has 2 aromatic carbocycles. The number of nitrogens with zero attached hydrogens (tertiary/aromatic N) is 2. The SMILES string of the molecule is Cc1cc(C=NNC(=O)C(=O)Nc2ccc(Cl)cc2)c(C)n1-c1cccc(Br)c1. The summed E-state index contributed by atoms with van der Waals surface area (Å²) >= 11 is 9.28. The molecule has 3 aromatic rings. The van der Waals surface area contributed by atoms with E-state index in [2.05, 4.69) is 36.3 Å². The number of hydrogen-bond acceptors (Lipinski definition) is 3. The molecule has 0 atom stereocenters. The van der Waals surface area contributed by atoms with Gasteiger partial charge in [-0.1, -0.05) is 33.6 Å². The van der Waals surface area contributed by atoms with Gasteiger partial charge in [-0.05, 0) is 62.4 Å². The number of halogens is 2. The van der Waals surface area contributed by atoms with Crippen LogP contribution in [-0.2, 0) is 9.59 Å². The quantitative estimate of drug-likeness (QED) is 0.330. The lowest BCUT2D eigenvalue weighted by atomic mass is 10.2. The molecule has 0 aliphatic rings. The van der Waals surface area contributed by atoms with Crippen molar-refractivity contribution in [2.24, 2.45) is 5.10 Å². The van der Waals surface area contributed by atoms with E-state index < -0.39 is 11.8 Å². The maximum atomic E-state index is 11.9. The number of rotatable bonds is 4. The van der Waals surface area contributed by atoms with Gasteiger partial charge in [-0.3, -0.25) is 9.59 Å². The molecule has 0 aliphatic heterocycles. The van der Waals surface area contributed by atoms with Gasteiger partial charge in [0.05, 0.1) is 6.21 Å². The lowest BCUT2D eigenvalue weighted by Gasteiger charge is -2.09. The van der Waals surface area contributed by atoms with Crippen LogP contribution in [0.15, 0.2) is 64.2 Å². The number of aromatic nitrogens is 1. The van der Waals surface area contributed by atoms with Crippen molar-refractivity contribution in [3.05, 3.63) is 81.0 Å². The highest BCUT2D eigenvalue weighted by Gasteiger charge is 2.13. The molecule has 29 heavy (non-hydrogen) atoms. The fraction of sp³-hybridized carbons (Fsp3) is 0.0952. The second-order valence-corrected chi connectivity index (χ2v) is 7.65. The number of benzene rings is 2. The molecule has 148 valence electrons. The largest absolute Gasteiger partial charge is 0.329 e. The molecule has 6 nitrogen and oxygen atoms in total. The molecule has 0 bridgehead atoms. The van der Waals surface area contributed by atoms with Gasteiger partial charge < -0.3 is 9.88 Å². The molecule has 0 spiro atoms. The van der Waals surface area contributed by atoms with Crippen LogP contribution in [0, 0.1) is 13.8 Å². The average molecular weight is 474 g/mol. The molecule has 3 rings (SSSR count). The fourth-order valence-corrected chi connectivity index (χ4v) is 3.38. The number of aryl methyl sites for hydroxylation is 1. The second-order valence-electron chi connectivity index (χ2n) is 6.30. The number of carbonyl (C=O) groups excluding carboxylic acids is 2. The van der Waals surface area contributed by atoms with Gasteiger partial charge in [0.15, 0.2) is 0 Å². The van der Waals surface area contributed by atoms with Crippen molar-refractivity contribution in [1.82, 2.24) is 9.99 Å². The predicted molar refractivity (Wildman–Crippen MR) is 119 cm³/mol. The van der Waals surface area contributed by atoms with Crippen molar-refractivity contribution in [3.8, 4) is 5.69 Å². The van der Waals surface area contributed by atoms with E-state index >= 15 is 0 Å². The number of hydrogen-bond donors (Lipinski definition) is 2. The van der Waals surface area contributed by atoms with Crippen molar-refractivity contribution in [2.75, 3.05) is 5.32 Å². The number of amides is 2. The van der Waals surface area contributed by atoms with E-state index in [9.17, 15) is 9.59 Å². The molecule has 0 unspecified atom stereocenters. The van der Waals surface area contributed by atoms with E-state index in [1.807, 2.05) is 44.2 Å².